The van der Waals surface area contributed by atoms with Gasteiger partial charge in [0.25, 0.3) is 0 Å². The second-order valence-corrected chi connectivity index (χ2v) is 5.02. The lowest BCUT2D eigenvalue weighted by Crippen LogP contribution is -2.36. The molecule has 0 aliphatic carbocycles. The lowest BCUT2D eigenvalue weighted by molar-refractivity contribution is 0.119. The van der Waals surface area contributed by atoms with Gasteiger partial charge in [-0.1, -0.05) is 37.3 Å². The Morgan fingerprint density at radius 2 is 2.12 bits per heavy atom. The fraction of sp³-hybridized carbons (Fsp3) is 0.600. The van der Waals surface area contributed by atoms with Crippen LogP contribution >= 0.6 is 0 Å². The maximum Gasteiger partial charge on any atom is 0.0474 e. The minimum Gasteiger partial charge on any atom is -0.396 e. The molecule has 1 aromatic carbocycles. The van der Waals surface area contributed by atoms with E-state index in [1.165, 1.54) is 24.9 Å². The number of hydrogen-bond acceptors (Lipinski definition) is 2. The topological polar surface area (TPSA) is 23.5 Å². The first-order valence-corrected chi connectivity index (χ1v) is 6.74. The third kappa shape index (κ3) is 3.08. The lowest BCUT2D eigenvalue weighted by Gasteiger charge is -2.30. The molecule has 2 rings (SSSR count). The first-order chi connectivity index (χ1) is 8.35. The predicted molar refractivity (Wildman–Crippen MR) is 70.7 cm³/mol. The van der Waals surface area contributed by atoms with Gasteiger partial charge < -0.3 is 5.11 Å². The monoisotopic (exact) mass is 233 g/mol. The Labute approximate surface area is 104 Å². The molecule has 1 heterocycles. The van der Waals surface area contributed by atoms with Gasteiger partial charge in [0, 0.05) is 19.2 Å². The van der Waals surface area contributed by atoms with Crippen LogP contribution in [0.25, 0.3) is 0 Å². The number of nitrogens with zero attached hydrogens (tertiary/aromatic N) is 1. The van der Waals surface area contributed by atoms with E-state index in [0.29, 0.717) is 18.6 Å². The standard InChI is InChI=1S/C15H23NO/c1-2-14(12-17)15-9-6-10-16(15)11-13-7-4-3-5-8-13/h3-5,7-8,14-15,17H,2,6,9-12H2,1H3/t14-,15+/m0/s1. The molecule has 0 bridgehead atoms. The summed E-state index contributed by atoms with van der Waals surface area (Å²) in [6.07, 6.45) is 3.59. The SMILES string of the molecule is CC[C@@H](CO)[C@H]1CCCN1Cc1ccccc1. The highest BCUT2D eigenvalue weighted by atomic mass is 16.3. The average molecular weight is 233 g/mol. The van der Waals surface area contributed by atoms with Gasteiger partial charge in [-0.05, 0) is 37.3 Å². The maximum atomic E-state index is 9.44. The second kappa shape index (κ2) is 6.18. The minimum atomic E-state index is 0.326. The van der Waals surface area contributed by atoms with Crippen LogP contribution in [-0.4, -0.2) is 29.2 Å². The Balaban J connectivity index is 2.00. The van der Waals surface area contributed by atoms with Crippen LogP contribution in [-0.2, 0) is 6.54 Å². The Bertz CT molecular complexity index is 321. The van der Waals surface area contributed by atoms with Crippen LogP contribution in [0.3, 0.4) is 0 Å². The molecule has 0 saturated carbocycles. The lowest BCUT2D eigenvalue weighted by atomic mass is 9.95. The van der Waals surface area contributed by atoms with Gasteiger partial charge in [-0.3, -0.25) is 4.90 Å². The van der Waals surface area contributed by atoms with E-state index in [0.717, 1.165) is 13.0 Å². The molecule has 2 nitrogen and oxygen atoms in total. The van der Waals surface area contributed by atoms with E-state index in [9.17, 15) is 5.11 Å². The van der Waals surface area contributed by atoms with E-state index in [1.807, 2.05) is 0 Å². The normalized spacial score (nSPS) is 22.8. The van der Waals surface area contributed by atoms with Crippen molar-refractivity contribution >= 4 is 0 Å². The molecule has 1 aromatic rings. The Morgan fingerprint density at radius 3 is 2.76 bits per heavy atom. The molecule has 0 unspecified atom stereocenters. The van der Waals surface area contributed by atoms with E-state index < -0.39 is 0 Å². The highest BCUT2D eigenvalue weighted by molar-refractivity contribution is 5.14. The molecule has 0 spiro atoms. The van der Waals surface area contributed by atoms with Crippen LogP contribution < -0.4 is 0 Å². The first-order valence-electron chi connectivity index (χ1n) is 6.74. The van der Waals surface area contributed by atoms with Gasteiger partial charge >= 0.3 is 0 Å². The molecule has 2 heteroatoms. The van der Waals surface area contributed by atoms with Crippen LogP contribution in [0.15, 0.2) is 30.3 Å². The van der Waals surface area contributed by atoms with Crippen LogP contribution in [0.5, 0.6) is 0 Å². The molecule has 1 aliphatic rings. The summed E-state index contributed by atoms with van der Waals surface area (Å²) in [5, 5.41) is 9.44. The number of aliphatic hydroxyl groups excluding tert-OH is 1. The summed E-state index contributed by atoms with van der Waals surface area (Å²) in [7, 11) is 0. The molecule has 2 atom stereocenters. The molecule has 1 N–H and O–H groups in total. The van der Waals surface area contributed by atoms with E-state index in [1.54, 1.807) is 0 Å². The molecule has 94 valence electrons. The van der Waals surface area contributed by atoms with Crippen LogP contribution in [0, 0.1) is 5.92 Å². The summed E-state index contributed by atoms with van der Waals surface area (Å²) >= 11 is 0. The number of hydrogen-bond donors (Lipinski definition) is 1. The minimum absolute atomic E-state index is 0.326. The van der Waals surface area contributed by atoms with Gasteiger partial charge in [-0.15, -0.1) is 0 Å². The van der Waals surface area contributed by atoms with Gasteiger partial charge in [-0.25, -0.2) is 0 Å². The fourth-order valence-corrected chi connectivity index (χ4v) is 2.92. The smallest absolute Gasteiger partial charge is 0.0474 e. The second-order valence-electron chi connectivity index (χ2n) is 5.02. The van der Waals surface area contributed by atoms with Gasteiger partial charge in [0.1, 0.15) is 0 Å². The maximum absolute atomic E-state index is 9.44. The number of aliphatic hydroxyl groups is 1. The predicted octanol–water partition coefficient (Wildman–Crippen LogP) is 2.67. The number of rotatable bonds is 5. The highest BCUT2D eigenvalue weighted by Crippen LogP contribution is 2.27. The Hall–Kier alpha value is -0.860. The van der Waals surface area contributed by atoms with Crippen LogP contribution in [0.2, 0.25) is 0 Å². The molecule has 17 heavy (non-hydrogen) atoms. The van der Waals surface area contributed by atoms with Crippen molar-refractivity contribution in [1.82, 2.24) is 4.90 Å². The van der Waals surface area contributed by atoms with Crippen molar-refractivity contribution in [3.8, 4) is 0 Å². The van der Waals surface area contributed by atoms with E-state index in [2.05, 4.69) is 42.2 Å². The molecule has 1 fully saturated rings. The molecule has 1 saturated heterocycles. The van der Waals surface area contributed by atoms with Gasteiger partial charge in [0.05, 0.1) is 0 Å². The zero-order chi connectivity index (χ0) is 12.1. The molecule has 0 aromatic heterocycles. The summed E-state index contributed by atoms with van der Waals surface area (Å²) < 4.78 is 0. The fourth-order valence-electron chi connectivity index (χ4n) is 2.92. The van der Waals surface area contributed by atoms with E-state index in [4.69, 9.17) is 0 Å². The quantitative estimate of drug-likeness (QED) is 0.845. The number of likely N-dealkylation sites (tertiary alicyclic amines) is 1. The van der Waals surface area contributed by atoms with Crippen molar-refractivity contribution in [2.24, 2.45) is 5.92 Å². The molecular weight excluding hydrogens is 210 g/mol. The van der Waals surface area contributed by atoms with Crippen molar-refractivity contribution < 1.29 is 5.11 Å². The van der Waals surface area contributed by atoms with Gasteiger partial charge in [0.15, 0.2) is 0 Å². The summed E-state index contributed by atoms with van der Waals surface area (Å²) in [4.78, 5) is 2.54. The van der Waals surface area contributed by atoms with Crippen molar-refractivity contribution in [1.29, 1.82) is 0 Å². The Morgan fingerprint density at radius 1 is 1.35 bits per heavy atom. The molecular formula is C15H23NO. The van der Waals surface area contributed by atoms with Crippen LogP contribution in [0.1, 0.15) is 31.7 Å². The van der Waals surface area contributed by atoms with Crippen LogP contribution in [0.4, 0.5) is 0 Å². The highest BCUT2D eigenvalue weighted by Gasteiger charge is 2.30. The summed E-state index contributed by atoms with van der Waals surface area (Å²) in [5.41, 5.74) is 1.38. The largest absolute Gasteiger partial charge is 0.396 e. The molecule has 0 amide bonds. The van der Waals surface area contributed by atoms with Gasteiger partial charge in [-0.2, -0.15) is 0 Å². The van der Waals surface area contributed by atoms with Crippen molar-refractivity contribution in [2.45, 2.75) is 38.8 Å². The summed E-state index contributed by atoms with van der Waals surface area (Å²) in [6, 6.07) is 11.2. The zero-order valence-electron chi connectivity index (χ0n) is 10.7. The Kier molecular flexibility index (Phi) is 4.57. The number of benzene rings is 1. The zero-order valence-corrected chi connectivity index (χ0v) is 10.7. The third-order valence-electron chi connectivity index (χ3n) is 3.95. The summed E-state index contributed by atoms with van der Waals surface area (Å²) in [6.45, 7) is 4.71. The third-order valence-corrected chi connectivity index (χ3v) is 3.95. The van der Waals surface area contributed by atoms with Crippen molar-refractivity contribution in [3.05, 3.63) is 35.9 Å². The van der Waals surface area contributed by atoms with Crippen molar-refractivity contribution in [3.63, 3.8) is 0 Å². The van der Waals surface area contributed by atoms with Crippen molar-refractivity contribution in [2.75, 3.05) is 13.2 Å². The average Bonchev–Trinajstić information content (AvgIpc) is 2.81. The van der Waals surface area contributed by atoms with E-state index >= 15 is 0 Å². The van der Waals surface area contributed by atoms with Gasteiger partial charge in [0.2, 0.25) is 0 Å². The molecule has 0 radical (unpaired) electrons. The molecule has 1 aliphatic heterocycles. The first kappa shape index (κ1) is 12.6. The summed E-state index contributed by atoms with van der Waals surface area (Å²) in [5.74, 6) is 0.446. The van der Waals surface area contributed by atoms with E-state index in [-0.39, 0.29) is 0 Å².